The highest BCUT2D eigenvalue weighted by molar-refractivity contribution is 5.67. The minimum absolute atomic E-state index is 0.108. The number of nitrogens with zero attached hydrogens (tertiary/aromatic N) is 1. The molecule has 2 aromatic carbocycles. The number of hydrogen-bond acceptors (Lipinski definition) is 6. The molecular formula is C29H35NO6. The Labute approximate surface area is 212 Å². The first-order valence-electron chi connectivity index (χ1n) is 12.6. The number of carbonyl (C=O) groups is 1. The highest BCUT2D eigenvalue weighted by Gasteiger charge is 2.24. The summed E-state index contributed by atoms with van der Waals surface area (Å²) in [5.74, 6) is 2.11. The van der Waals surface area contributed by atoms with Gasteiger partial charge < -0.3 is 23.7 Å². The minimum atomic E-state index is -0.800. The third kappa shape index (κ3) is 6.46. The van der Waals surface area contributed by atoms with E-state index in [1.165, 1.54) is 0 Å². The monoisotopic (exact) mass is 493 g/mol. The molecule has 7 heteroatoms. The predicted molar refractivity (Wildman–Crippen MR) is 137 cm³/mol. The molecular weight excluding hydrogens is 458 g/mol. The lowest BCUT2D eigenvalue weighted by Crippen LogP contribution is -2.25. The number of rotatable bonds is 10. The van der Waals surface area contributed by atoms with Crippen LogP contribution in [0.3, 0.4) is 0 Å². The van der Waals surface area contributed by atoms with E-state index in [9.17, 15) is 4.79 Å². The van der Waals surface area contributed by atoms with Gasteiger partial charge in [-0.1, -0.05) is 26.0 Å². The fourth-order valence-corrected chi connectivity index (χ4v) is 4.38. The summed E-state index contributed by atoms with van der Waals surface area (Å²) in [6, 6.07) is 13.6. The van der Waals surface area contributed by atoms with Gasteiger partial charge in [-0.25, -0.2) is 4.98 Å². The average Bonchev–Trinajstić information content (AvgIpc) is 3.31. The van der Waals surface area contributed by atoms with Crippen LogP contribution in [0.2, 0.25) is 0 Å². The summed E-state index contributed by atoms with van der Waals surface area (Å²) in [4.78, 5) is 15.7. The Morgan fingerprint density at radius 1 is 1.11 bits per heavy atom. The summed E-state index contributed by atoms with van der Waals surface area (Å²) in [5.41, 5.74) is 3.73. The van der Waals surface area contributed by atoms with Crippen molar-refractivity contribution < 1.29 is 28.5 Å². The summed E-state index contributed by atoms with van der Waals surface area (Å²) < 4.78 is 24.1. The third-order valence-corrected chi connectivity index (χ3v) is 6.38. The van der Waals surface area contributed by atoms with Crippen molar-refractivity contribution in [2.24, 2.45) is 0 Å². The molecule has 1 N–H and O–H groups in total. The Bertz CT molecular complexity index is 1180. The van der Waals surface area contributed by atoms with E-state index < -0.39 is 5.97 Å². The van der Waals surface area contributed by atoms with E-state index in [1.807, 2.05) is 56.3 Å². The largest absolute Gasteiger partial charge is 0.490 e. The van der Waals surface area contributed by atoms with Gasteiger partial charge in [0.05, 0.1) is 18.9 Å². The smallest absolute Gasteiger partial charge is 0.303 e. The van der Waals surface area contributed by atoms with Crippen molar-refractivity contribution in [3.63, 3.8) is 0 Å². The first kappa shape index (κ1) is 25.8. The zero-order valence-electron chi connectivity index (χ0n) is 21.5. The molecule has 0 bridgehead atoms. The number of carboxylic acids is 1. The standard InChI is InChI=1S/C29H35NO6/c1-18(2)27-28(20(4)34-25-10-8-21(19(3)16-25)9-11-26(31)32)36-29(30-27)22-6-5-7-24(17-22)35-23-12-14-33-15-13-23/h5-8,10,16-18,20,23H,9,11-15H2,1-4H3,(H,31,32). The van der Waals surface area contributed by atoms with Gasteiger partial charge >= 0.3 is 5.97 Å². The molecule has 4 rings (SSSR count). The van der Waals surface area contributed by atoms with Crippen molar-refractivity contribution in [1.29, 1.82) is 0 Å². The zero-order chi connectivity index (χ0) is 25.7. The first-order chi connectivity index (χ1) is 17.3. The van der Waals surface area contributed by atoms with Gasteiger partial charge in [-0.15, -0.1) is 0 Å². The van der Waals surface area contributed by atoms with Crippen LogP contribution < -0.4 is 9.47 Å². The Kier molecular flexibility index (Phi) is 8.31. The van der Waals surface area contributed by atoms with Gasteiger partial charge in [-0.05, 0) is 67.6 Å². The van der Waals surface area contributed by atoms with Crippen molar-refractivity contribution in [3.8, 4) is 23.0 Å². The molecule has 7 nitrogen and oxygen atoms in total. The summed E-state index contributed by atoms with van der Waals surface area (Å²) in [6.07, 6.45) is 2.19. The second kappa shape index (κ2) is 11.6. The van der Waals surface area contributed by atoms with E-state index >= 15 is 0 Å². The minimum Gasteiger partial charge on any atom is -0.490 e. The maximum Gasteiger partial charge on any atom is 0.303 e. The number of carboxylic acid groups (broad SMARTS) is 1. The highest BCUT2D eigenvalue weighted by Crippen LogP contribution is 2.34. The molecule has 0 saturated carbocycles. The fourth-order valence-electron chi connectivity index (χ4n) is 4.38. The van der Waals surface area contributed by atoms with Crippen LogP contribution >= 0.6 is 0 Å². The number of aryl methyl sites for hydroxylation is 2. The molecule has 1 saturated heterocycles. The average molecular weight is 494 g/mol. The number of benzene rings is 2. The van der Waals surface area contributed by atoms with Crippen molar-refractivity contribution in [1.82, 2.24) is 4.98 Å². The van der Waals surface area contributed by atoms with Gasteiger partial charge in [0.15, 0.2) is 11.9 Å². The molecule has 36 heavy (non-hydrogen) atoms. The van der Waals surface area contributed by atoms with Crippen LogP contribution in [0.1, 0.15) is 74.6 Å². The van der Waals surface area contributed by atoms with Crippen molar-refractivity contribution >= 4 is 5.97 Å². The molecule has 1 aliphatic heterocycles. The maximum atomic E-state index is 10.9. The van der Waals surface area contributed by atoms with Crippen LogP contribution in [-0.4, -0.2) is 35.4 Å². The van der Waals surface area contributed by atoms with Crippen molar-refractivity contribution in [3.05, 3.63) is 65.0 Å². The summed E-state index contributed by atoms with van der Waals surface area (Å²) in [7, 11) is 0. The van der Waals surface area contributed by atoms with Crippen LogP contribution in [0.25, 0.3) is 11.5 Å². The van der Waals surface area contributed by atoms with Crippen LogP contribution in [0.4, 0.5) is 0 Å². The Morgan fingerprint density at radius 3 is 2.58 bits per heavy atom. The van der Waals surface area contributed by atoms with E-state index in [2.05, 4.69) is 13.8 Å². The zero-order valence-corrected chi connectivity index (χ0v) is 21.5. The number of oxazole rings is 1. The van der Waals surface area contributed by atoms with E-state index in [4.69, 9.17) is 28.7 Å². The third-order valence-electron chi connectivity index (χ3n) is 6.38. The van der Waals surface area contributed by atoms with Crippen LogP contribution in [0.15, 0.2) is 46.9 Å². The van der Waals surface area contributed by atoms with Crippen LogP contribution in [-0.2, 0) is 16.0 Å². The number of aromatic nitrogens is 1. The molecule has 1 fully saturated rings. The van der Waals surface area contributed by atoms with Gasteiger partial charge in [0.1, 0.15) is 17.6 Å². The van der Waals surface area contributed by atoms with Crippen LogP contribution in [0, 0.1) is 6.92 Å². The first-order valence-corrected chi connectivity index (χ1v) is 12.6. The molecule has 0 radical (unpaired) electrons. The van der Waals surface area contributed by atoms with E-state index in [1.54, 1.807) is 0 Å². The summed E-state index contributed by atoms with van der Waals surface area (Å²) in [5, 5.41) is 8.96. The second-order valence-electron chi connectivity index (χ2n) is 9.62. The molecule has 0 spiro atoms. The SMILES string of the molecule is Cc1cc(OC(C)c2oc(-c3cccc(OC4CCOCC4)c3)nc2C(C)C)ccc1CCC(=O)O. The molecule has 1 atom stereocenters. The summed E-state index contributed by atoms with van der Waals surface area (Å²) >= 11 is 0. The molecule has 1 aromatic heterocycles. The Morgan fingerprint density at radius 2 is 1.89 bits per heavy atom. The van der Waals surface area contributed by atoms with E-state index in [-0.39, 0.29) is 24.5 Å². The van der Waals surface area contributed by atoms with Gasteiger partial charge in [0.2, 0.25) is 5.89 Å². The molecule has 0 amide bonds. The van der Waals surface area contributed by atoms with Crippen LogP contribution in [0.5, 0.6) is 11.5 Å². The normalized spacial score (nSPS) is 15.1. The predicted octanol–water partition coefficient (Wildman–Crippen LogP) is 6.49. The highest BCUT2D eigenvalue weighted by atomic mass is 16.5. The lowest BCUT2D eigenvalue weighted by atomic mass is 10.0. The molecule has 192 valence electrons. The van der Waals surface area contributed by atoms with Gasteiger partial charge in [-0.3, -0.25) is 4.79 Å². The quantitative estimate of drug-likeness (QED) is 0.345. The Hall–Kier alpha value is -3.32. The van der Waals surface area contributed by atoms with Gasteiger partial charge in [-0.2, -0.15) is 0 Å². The Balaban J connectivity index is 1.52. The molecule has 1 unspecified atom stereocenters. The topological polar surface area (TPSA) is 91.0 Å². The van der Waals surface area contributed by atoms with Gasteiger partial charge in [0, 0.05) is 24.8 Å². The van der Waals surface area contributed by atoms with E-state index in [0.717, 1.165) is 54.2 Å². The van der Waals surface area contributed by atoms with Crippen molar-refractivity contribution in [2.45, 2.75) is 71.5 Å². The maximum absolute atomic E-state index is 10.9. The van der Waals surface area contributed by atoms with Gasteiger partial charge in [0.25, 0.3) is 0 Å². The van der Waals surface area contributed by atoms with Crippen molar-refractivity contribution in [2.75, 3.05) is 13.2 Å². The van der Waals surface area contributed by atoms with E-state index in [0.29, 0.717) is 23.8 Å². The molecule has 3 aromatic rings. The second-order valence-corrected chi connectivity index (χ2v) is 9.62. The number of ether oxygens (including phenoxy) is 3. The fraction of sp³-hybridized carbons (Fsp3) is 0.448. The molecule has 1 aliphatic rings. The number of aliphatic carboxylic acids is 1. The lowest BCUT2D eigenvalue weighted by molar-refractivity contribution is -0.136. The summed E-state index contributed by atoms with van der Waals surface area (Å²) in [6.45, 7) is 9.56. The molecule has 2 heterocycles. The lowest BCUT2D eigenvalue weighted by Gasteiger charge is -2.23. The number of hydrogen-bond donors (Lipinski definition) is 1. The molecule has 0 aliphatic carbocycles.